The molecule has 0 aromatic heterocycles. The maximum absolute atomic E-state index is 5.19. The molecule has 0 spiro atoms. The molecule has 0 aliphatic rings. The number of benzene rings is 2. The van der Waals surface area contributed by atoms with Crippen molar-refractivity contribution in [3.05, 3.63) is 59.7 Å². The van der Waals surface area contributed by atoms with Gasteiger partial charge in [0.2, 0.25) is 0 Å². The van der Waals surface area contributed by atoms with E-state index >= 15 is 0 Å². The first kappa shape index (κ1) is 29.9. The number of rotatable bonds is 10. The third-order valence-corrected chi connectivity index (χ3v) is 13.4. The molecule has 0 bridgehead atoms. The molecule has 0 atom stereocenters. The summed E-state index contributed by atoms with van der Waals surface area (Å²) in [6, 6.07) is 17.3. The average molecular weight is 521 g/mol. The van der Waals surface area contributed by atoms with Crippen molar-refractivity contribution in [1.82, 2.24) is 28.0 Å². The van der Waals surface area contributed by atoms with E-state index < -0.39 is 15.0 Å². The van der Waals surface area contributed by atoms with Gasteiger partial charge in [-0.3, -0.25) is 28.0 Å². The van der Waals surface area contributed by atoms with Crippen molar-refractivity contribution < 1.29 is 0 Å². The van der Waals surface area contributed by atoms with Crippen molar-refractivity contribution in [3.63, 3.8) is 0 Å². The lowest BCUT2D eigenvalue weighted by Gasteiger charge is -2.41. The van der Waals surface area contributed by atoms with Crippen molar-refractivity contribution >= 4 is 26.4 Å². The molecule has 0 saturated heterocycles. The molecular weight excluding hydrogens is 474 g/mol. The number of hydrogen-bond donors (Lipinski definition) is 0. The molecule has 196 valence electrons. The third kappa shape index (κ3) is 6.51. The summed E-state index contributed by atoms with van der Waals surface area (Å²) in [6.45, 7) is 0. The quantitative estimate of drug-likeness (QED) is 0.369. The predicted molar refractivity (Wildman–Crippen MR) is 156 cm³/mol. The number of nitrogens with zero attached hydrogens (tertiary/aromatic N) is 8. The van der Waals surface area contributed by atoms with Gasteiger partial charge in [-0.15, -0.1) is 0 Å². The van der Waals surface area contributed by atoms with E-state index in [0.717, 1.165) is 17.8 Å². The molecule has 0 heterocycles. The summed E-state index contributed by atoms with van der Waals surface area (Å²) in [7, 11) is 21.3. The molecule has 10 heteroatoms. The van der Waals surface area contributed by atoms with E-state index in [0.29, 0.717) is 0 Å². The summed E-state index contributed by atoms with van der Waals surface area (Å²) in [5.41, 5.74) is 4.55. The second kappa shape index (κ2) is 12.3. The van der Waals surface area contributed by atoms with Crippen LogP contribution in [0.15, 0.2) is 58.0 Å². The zero-order chi connectivity index (χ0) is 26.6. The van der Waals surface area contributed by atoms with Gasteiger partial charge in [-0.05, 0) is 126 Å². The van der Waals surface area contributed by atoms with Crippen molar-refractivity contribution in [3.8, 4) is 0 Å². The van der Waals surface area contributed by atoms with Gasteiger partial charge in [0.15, 0.2) is 15.0 Å². The molecule has 0 aliphatic carbocycles. The second-order valence-corrected chi connectivity index (χ2v) is 17.2. The molecule has 2 aromatic carbocycles. The van der Waals surface area contributed by atoms with Gasteiger partial charge < -0.3 is 0 Å². The maximum atomic E-state index is 5.19. The molecule has 2 rings (SSSR count). The minimum absolute atomic E-state index is 0.880. The Morgan fingerprint density at radius 3 is 0.857 bits per heavy atom. The summed E-state index contributed by atoms with van der Waals surface area (Å²) < 4.78 is 23.8. The third-order valence-electron chi connectivity index (χ3n) is 6.00. The SMILES string of the molecule is CN(C)P(=Nc1ccc(Cc2ccc(N=P(N(C)C)(N(C)C)N(C)C)cc2)cc1)(N(C)C)N(C)C. The topological polar surface area (TPSA) is 44.2 Å². The standard InChI is InChI=1S/C25H46N8P2/c1-28(2)34(29(3)4,30(5)6)26-24-17-13-22(14-18-24)21-23-15-19-25(20-16-23)27-35(31(7)8,32(9)10)33(11)12/h13-20H,21H2,1-12H3. The van der Waals surface area contributed by atoms with E-state index in [2.05, 4.69) is 161 Å². The molecule has 0 N–H and O–H groups in total. The van der Waals surface area contributed by atoms with Crippen LogP contribution in [0.4, 0.5) is 11.4 Å². The Kier molecular flexibility index (Phi) is 10.5. The Morgan fingerprint density at radius 1 is 0.429 bits per heavy atom. The summed E-state index contributed by atoms with van der Waals surface area (Å²) >= 11 is 0. The van der Waals surface area contributed by atoms with Crippen LogP contribution in [0.1, 0.15) is 11.1 Å². The highest BCUT2D eigenvalue weighted by atomic mass is 31.2. The van der Waals surface area contributed by atoms with Gasteiger partial charge in [0.25, 0.3) is 0 Å². The molecule has 0 saturated carbocycles. The first-order chi connectivity index (χ1) is 16.3. The van der Waals surface area contributed by atoms with Gasteiger partial charge in [0, 0.05) is 0 Å². The fourth-order valence-electron chi connectivity index (χ4n) is 4.59. The normalized spacial score (nSPS) is 13.1. The lowest BCUT2D eigenvalue weighted by molar-refractivity contribution is 0.474. The molecule has 0 fully saturated rings. The summed E-state index contributed by atoms with van der Waals surface area (Å²) in [6.07, 6.45) is 0.880. The van der Waals surface area contributed by atoms with Crippen LogP contribution in [-0.4, -0.2) is 113 Å². The number of hydrogen-bond acceptors (Lipinski definition) is 2. The highest BCUT2D eigenvalue weighted by Gasteiger charge is 2.29. The van der Waals surface area contributed by atoms with Crippen LogP contribution in [0.5, 0.6) is 0 Å². The molecular formula is C25H46N8P2. The average Bonchev–Trinajstić information content (AvgIpc) is 2.76. The molecule has 0 radical (unpaired) electrons. The fraction of sp³-hybridized carbons (Fsp3) is 0.520. The van der Waals surface area contributed by atoms with Crippen LogP contribution in [0.3, 0.4) is 0 Å². The molecule has 8 nitrogen and oxygen atoms in total. The van der Waals surface area contributed by atoms with Gasteiger partial charge in [0.05, 0.1) is 11.4 Å². The van der Waals surface area contributed by atoms with E-state index in [4.69, 9.17) is 9.49 Å². The van der Waals surface area contributed by atoms with Crippen LogP contribution in [-0.2, 0) is 6.42 Å². The Morgan fingerprint density at radius 2 is 0.657 bits per heavy atom. The van der Waals surface area contributed by atoms with E-state index in [1.54, 1.807) is 0 Å². The van der Waals surface area contributed by atoms with Crippen molar-refractivity contribution in [2.75, 3.05) is 84.6 Å². The van der Waals surface area contributed by atoms with E-state index in [1.165, 1.54) is 11.1 Å². The Bertz CT molecular complexity index is 913. The molecule has 0 aliphatic heterocycles. The Labute approximate surface area is 214 Å². The van der Waals surface area contributed by atoms with E-state index in [1.807, 2.05) is 0 Å². The highest BCUT2D eigenvalue weighted by Crippen LogP contribution is 2.57. The van der Waals surface area contributed by atoms with Crippen LogP contribution < -0.4 is 0 Å². The molecule has 2 aromatic rings. The highest BCUT2D eigenvalue weighted by molar-refractivity contribution is 7.59. The van der Waals surface area contributed by atoms with Gasteiger partial charge in [-0.2, -0.15) is 0 Å². The van der Waals surface area contributed by atoms with E-state index in [9.17, 15) is 0 Å². The largest absolute Gasteiger partial charge is 0.252 e. The predicted octanol–water partition coefficient (Wildman–Crippen LogP) is 5.80. The molecule has 0 unspecified atom stereocenters. The zero-order valence-corrected chi connectivity index (χ0v) is 25.6. The van der Waals surface area contributed by atoms with Crippen molar-refractivity contribution in [1.29, 1.82) is 0 Å². The fourth-order valence-corrected chi connectivity index (χ4v) is 10.8. The van der Waals surface area contributed by atoms with Crippen LogP contribution in [0.25, 0.3) is 0 Å². The van der Waals surface area contributed by atoms with Crippen LogP contribution >= 0.6 is 15.0 Å². The van der Waals surface area contributed by atoms with Crippen LogP contribution in [0.2, 0.25) is 0 Å². The van der Waals surface area contributed by atoms with Gasteiger partial charge in [-0.1, -0.05) is 24.3 Å². The van der Waals surface area contributed by atoms with Crippen molar-refractivity contribution in [2.45, 2.75) is 6.42 Å². The summed E-state index contributed by atoms with van der Waals surface area (Å²) in [5.74, 6) is 0. The minimum atomic E-state index is -1.95. The zero-order valence-electron chi connectivity index (χ0n) is 23.8. The van der Waals surface area contributed by atoms with Gasteiger partial charge in [-0.25, -0.2) is 9.49 Å². The van der Waals surface area contributed by atoms with Crippen molar-refractivity contribution in [2.24, 2.45) is 9.49 Å². The first-order valence-electron chi connectivity index (χ1n) is 11.8. The summed E-state index contributed by atoms with van der Waals surface area (Å²) in [4.78, 5) is 0. The van der Waals surface area contributed by atoms with Crippen LogP contribution in [0, 0.1) is 0 Å². The smallest absolute Gasteiger partial charge is 0.171 e. The first-order valence-corrected chi connectivity index (χ1v) is 15.0. The minimum Gasteiger partial charge on any atom is -0.252 e. The Balaban J connectivity index is 2.30. The Hall–Kier alpha value is -1.34. The molecule has 0 amide bonds. The summed E-state index contributed by atoms with van der Waals surface area (Å²) in [5, 5.41) is 0. The van der Waals surface area contributed by atoms with Gasteiger partial charge >= 0.3 is 0 Å². The lowest BCUT2D eigenvalue weighted by Crippen LogP contribution is -2.30. The van der Waals surface area contributed by atoms with E-state index in [-0.39, 0.29) is 0 Å². The monoisotopic (exact) mass is 520 g/mol. The lowest BCUT2D eigenvalue weighted by atomic mass is 10.0. The second-order valence-electron chi connectivity index (χ2n) is 9.87. The maximum Gasteiger partial charge on any atom is 0.171 e. The van der Waals surface area contributed by atoms with Gasteiger partial charge in [0.1, 0.15) is 0 Å². The molecule has 35 heavy (non-hydrogen) atoms.